The lowest BCUT2D eigenvalue weighted by atomic mass is 10.1. The molecular weight excluding hydrogens is 276 g/mol. The van der Waals surface area contributed by atoms with Gasteiger partial charge in [-0.05, 0) is 36.2 Å². The fourth-order valence-electron chi connectivity index (χ4n) is 1.89. The molecule has 0 saturated heterocycles. The van der Waals surface area contributed by atoms with E-state index in [2.05, 4.69) is 6.92 Å². The molecule has 0 fully saturated rings. The van der Waals surface area contributed by atoms with Crippen molar-refractivity contribution in [2.75, 3.05) is 7.11 Å². The first-order chi connectivity index (χ1) is 9.67. The molecule has 2 aromatic carbocycles. The molecule has 0 spiro atoms. The third-order valence-corrected chi connectivity index (χ3v) is 3.29. The second-order valence-electron chi connectivity index (χ2n) is 4.35. The summed E-state index contributed by atoms with van der Waals surface area (Å²) < 4.78 is 11.2. The quantitative estimate of drug-likeness (QED) is 0.898. The number of halogens is 1. The lowest BCUT2D eigenvalue weighted by molar-refractivity contribution is 0.275. The average molecular weight is 293 g/mol. The van der Waals surface area contributed by atoms with Crippen molar-refractivity contribution in [1.29, 1.82) is 0 Å². The Morgan fingerprint density at radius 1 is 1.05 bits per heavy atom. The van der Waals surface area contributed by atoms with Gasteiger partial charge in [-0.3, -0.25) is 0 Å². The minimum absolute atomic E-state index is 0.109. The van der Waals surface area contributed by atoms with Crippen LogP contribution in [0.3, 0.4) is 0 Å². The van der Waals surface area contributed by atoms with Crippen molar-refractivity contribution < 1.29 is 14.6 Å². The highest BCUT2D eigenvalue weighted by Crippen LogP contribution is 2.35. The maximum Gasteiger partial charge on any atom is 0.169 e. The van der Waals surface area contributed by atoms with Gasteiger partial charge in [0.05, 0.1) is 13.7 Å². The van der Waals surface area contributed by atoms with Crippen LogP contribution in [-0.4, -0.2) is 12.2 Å². The zero-order valence-electron chi connectivity index (χ0n) is 11.5. The van der Waals surface area contributed by atoms with Crippen LogP contribution in [0, 0.1) is 0 Å². The van der Waals surface area contributed by atoms with E-state index in [4.69, 9.17) is 21.1 Å². The first-order valence-corrected chi connectivity index (χ1v) is 6.79. The van der Waals surface area contributed by atoms with E-state index in [1.165, 1.54) is 5.56 Å². The van der Waals surface area contributed by atoms with Crippen LogP contribution in [0.15, 0.2) is 36.4 Å². The van der Waals surface area contributed by atoms with Gasteiger partial charge in [-0.2, -0.15) is 0 Å². The highest BCUT2D eigenvalue weighted by molar-refractivity contribution is 6.30. The lowest BCUT2D eigenvalue weighted by Gasteiger charge is -2.14. The number of benzene rings is 2. The minimum atomic E-state index is -0.109. The molecule has 3 nitrogen and oxygen atoms in total. The Morgan fingerprint density at radius 3 is 2.50 bits per heavy atom. The maximum absolute atomic E-state index is 9.34. The topological polar surface area (TPSA) is 38.7 Å². The third kappa shape index (κ3) is 3.24. The fourth-order valence-corrected chi connectivity index (χ4v) is 2.05. The summed E-state index contributed by atoms with van der Waals surface area (Å²) in [5.41, 5.74) is 1.85. The molecule has 0 heterocycles. The van der Waals surface area contributed by atoms with Crippen molar-refractivity contribution in [3.8, 4) is 17.2 Å². The highest BCUT2D eigenvalue weighted by Gasteiger charge is 2.10. The summed E-state index contributed by atoms with van der Waals surface area (Å²) in [5.74, 6) is 1.79. The van der Waals surface area contributed by atoms with Gasteiger partial charge in [0.2, 0.25) is 0 Å². The molecule has 106 valence electrons. The van der Waals surface area contributed by atoms with Crippen molar-refractivity contribution >= 4 is 11.6 Å². The molecule has 0 aliphatic rings. The maximum atomic E-state index is 9.34. The molecule has 2 aromatic rings. The van der Waals surface area contributed by atoms with Crippen molar-refractivity contribution in [1.82, 2.24) is 0 Å². The Kier molecular flexibility index (Phi) is 4.88. The predicted molar refractivity (Wildman–Crippen MR) is 79.8 cm³/mol. The standard InChI is InChI=1S/C16H17ClO3/c1-3-11-4-7-14(16(8-11)19-2)20-15-9-13(17)6-5-12(15)10-18/h4-9,18H,3,10H2,1-2H3. The second-order valence-corrected chi connectivity index (χ2v) is 4.79. The molecule has 0 aliphatic carbocycles. The number of methoxy groups -OCH3 is 1. The van der Waals surface area contributed by atoms with Crippen LogP contribution < -0.4 is 9.47 Å². The second kappa shape index (κ2) is 6.64. The molecule has 1 N–H and O–H groups in total. The number of aliphatic hydroxyl groups excluding tert-OH is 1. The van der Waals surface area contributed by atoms with Crippen LogP contribution in [0.1, 0.15) is 18.1 Å². The summed E-state index contributed by atoms with van der Waals surface area (Å²) >= 11 is 5.97. The van der Waals surface area contributed by atoms with E-state index in [0.717, 1.165) is 6.42 Å². The number of hydrogen-bond acceptors (Lipinski definition) is 3. The van der Waals surface area contributed by atoms with Crippen LogP contribution in [0.2, 0.25) is 5.02 Å². The smallest absolute Gasteiger partial charge is 0.169 e. The lowest BCUT2D eigenvalue weighted by Crippen LogP contribution is -1.95. The van der Waals surface area contributed by atoms with Gasteiger partial charge in [-0.25, -0.2) is 0 Å². The highest BCUT2D eigenvalue weighted by atomic mass is 35.5. The van der Waals surface area contributed by atoms with E-state index < -0.39 is 0 Å². The number of aliphatic hydroxyl groups is 1. The molecule has 0 unspecified atom stereocenters. The summed E-state index contributed by atoms with van der Waals surface area (Å²) in [6.45, 7) is 1.97. The number of hydrogen-bond donors (Lipinski definition) is 1. The Balaban J connectivity index is 2.36. The molecule has 0 radical (unpaired) electrons. The van der Waals surface area contributed by atoms with Gasteiger partial charge in [0.1, 0.15) is 5.75 Å². The summed E-state index contributed by atoms with van der Waals surface area (Å²) in [7, 11) is 1.60. The third-order valence-electron chi connectivity index (χ3n) is 3.06. The zero-order chi connectivity index (χ0) is 14.5. The Labute approximate surface area is 123 Å². The van der Waals surface area contributed by atoms with Gasteiger partial charge in [-0.1, -0.05) is 30.7 Å². The van der Waals surface area contributed by atoms with Crippen LogP contribution in [0.5, 0.6) is 17.2 Å². The van der Waals surface area contributed by atoms with Gasteiger partial charge in [-0.15, -0.1) is 0 Å². The molecule has 0 amide bonds. The molecule has 0 saturated carbocycles. The minimum Gasteiger partial charge on any atom is -0.493 e. The largest absolute Gasteiger partial charge is 0.493 e. The molecule has 0 aliphatic heterocycles. The fraction of sp³-hybridized carbons (Fsp3) is 0.250. The molecule has 0 aromatic heterocycles. The molecule has 0 bridgehead atoms. The van der Waals surface area contributed by atoms with Crippen molar-refractivity contribution in [3.05, 3.63) is 52.5 Å². The van der Waals surface area contributed by atoms with E-state index in [9.17, 15) is 5.11 Å². The van der Waals surface area contributed by atoms with E-state index >= 15 is 0 Å². The van der Waals surface area contributed by atoms with Crippen LogP contribution in [0.25, 0.3) is 0 Å². The summed E-state index contributed by atoms with van der Waals surface area (Å²) in [5, 5.41) is 9.90. The van der Waals surface area contributed by atoms with Gasteiger partial charge in [0.25, 0.3) is 0 Å². The Bertz CT molecular complexity index is 596. The van der Waals surface area contributed by atoms with Crippen LogP contribution in [0.4, 0.5) is 0 Å². The average Bonchev–Trinajstić information content (AvgIpc) is 2.48. The van der Waals surface area contributed by atoms with E-state index in [1.54, 1.807) is 25.3 Å². The number of rotatable bonds is 5. The number of ether oxygens (including phenoxy) is 2. The molecule has 20 heavy (non-hydrogen) atoms. The monoisotopic (exact) mass is 292 g/mol. The summed E-state index contributed by atoms with van der Waals surface area (Å²) in [6.07, 6.45) is 0.926. The van der Waals surface area contributed by atoms with Gasteiger partial charge < -0.3 is 14.6 Å². The molecule has 2 rings (SSSR count). The van der Waals surface area contributed by atoms with Gasteiger partial charge in [0.15, 0.2) is 11.5 Å². The molecule has 4 heteroatoms. The summed E-state index contributed by atoms with van der Waals surface area (Å²) in [4.78, 5) is 0. The Morgan fingerprint density at radius 2 is 1.85 bits per heavy atom. The van der Waals surface area contributed by atoms with E-state index in [1.807, 2.05) is 18.2 Å². The first-order valence-electron chi connectivity index (χ1n) is 6.42. The Hall–Kier alpha value is -1.71. The number of aryl methyl sites for hydroxylation is 1. The zero-order valence-corrected chi connectivity index (χ0v) is 12.3. The normalized spacial score (nSPS) is 10.4. The van der Waals surface area contributed by atoms with Crippen LogP contribution in [-0.2, 0) is 13.0 Å². The van der Waals surface area contributed by atoms with Crippen molar-refractivity contribution in [2.24, 2.45) is 0 Å². The van der Waals surface area contributed by atoms with Crippen LogP contribution >= 0.6 is 11.6 Å². The van der Waals surface area contributed by atoms with E-state index in [-0.39, 0.29) is 6.61 Å². The SMILES string of the molecule is CCc1ccc(Oc2cc(Cl)ccc2CO)c(OC)c1. The van der Waals surface area contributed by atoms with Crippen molar-refractivity contribution in [2.45, 2.75) is 20.0 Å². The summed E-state index contributed by atoms with van der Waals surface area (Å²) in [6, 6.07) is 10.9. The molecule has 0 atom stereocenters. The van der Waals surface area contributed by atoms with Gasteiger partial charge in [0, 0.05) is 10.6 Å². The van der Waals surface area contributed by atoms with Gasteiger partial charge >= 0.3 is 0 Å². The molecular formula is C16H17ClO3. The first kappa shape index (κ1) is 14.7. The van der Waals surface area contributed by atoms with Crippen molar-refractivity contribution in [3.63, 3.8) is 0 Å². The van der Waals surface area contributed by atoms with E-state index in [0.29, 0.717) is 27.8 Å². The predicted octanol–water partition coefficient (Wildman–Crippen LogP) is 4.20.